The molecule has 1 amide bonds. The van der Waals surface area contributed by atoms with Gasteiger partial charge in [0.15, 0.2) is 5.78 Å². The monoisotopic (exact) mass is 2010 g/mol. The number of carbonyl (C=O) groups excluding carboxylic acids is 10. The third-order valence-corrected chi connectivity index (χ3v) is 22.5. The van der Waals surface area contributed by atoms with Gasteiger partial charge in [-0.3, -0.25) is 52.5 Å². The van der Waals surface area contributed by atoms with E-state index < -0.39 is 36.8 Å². The second-order valence-corrected chi connectivity index (χ2v) is 33.9. The first kappa shape index (κ1) is 116. The minimum absolute atomic E-state index is 0. The van der Waals surface area contributed by atoms with Crippen LogP contribution in [-0.4, -0.2) is 148 Å². The summed E-state index contributed by atoms with van der Waals surface area (Å²) >= 11 is 0. The fourth-order valence-electron chi connectivity index (χ4n) is 15.9. The van der Waals surface area contributed by atoms with Gasteiger partial charge < -0.3 is 58.2 Å². The standard InChI is InChI=1S/C13H17NO2.C12H15NO2.2C12H13NO.C10H16O2.C8H14O.C7H12O.C6H11NO2.CHF3O3S.CH2O3.CO2.CH4O.Cl2OS.2Cs.H2.H/c1-16-13(15)11-8-5-9-12(11)14-10-6-3-2-4-7-10;14-12(15)10-7-4-8-11(10)13-9-5-2-1-3-6-9;14-12-8-4-1-2-6-10(8)13-11-7-3-5-9(11)12;14-12-10-7-4-8-11(10)13(12)9-5-2-1-3-6-9;1-7(2)10(12)8-5-3-4-6-9(8)11;1-6-4-3-5-8(6)7(2)9;1-6(8)7-4-2-3-5-7;7-5-3-1-2-4(5)6(8)9;2-1(3,4)8(5,6)7;2-1-4-3;2-1-3;1-2;1-4(2)3;;;;/h2-4,6-7,11-12,14H,5,8-9H2,1H3;1-3,5-6,10-11,13H,4,7-8H2,(H,14,15);1-2,4,6,9,11,13H,3,5,7H2;1-3,5-6,10-11H,4,7-8H2;7-8H,3-6H2,1-2H3;6,8H,3-5H2,1-2H3;7H,2-5H2,1H3;4-5H,1-3,7H2,(H,8,9);(H,5,6,7);1,3H;;2H,1H3;;;;1H;/q;;;;;;;;;;;;;2*+1;;-1/p-1/t11-,12-;10-,11+;9-,11+;10-,11+;;6-,8+;;4-,5+;;;;;;;;;/m0111.0.1........./s1. The van der Waals surface area contributed by atoms with Crippen LogP contribution in [0.25, 0.3) is 0 Å². The van der Waals surface area contributed by atoms with Gasteiger partial charge in [-0.2, -0.15) is 31.2 Å². The van der Waals surface area contributed by atoms with Crippen LogP contribution in [0.5, 0.6) is 0 Å². The van der Waals surface area contributed by atoms with Crippen molar-refractivity contribution in [2.24, 2.45) is 64.9 Å². The van der Waals surface area contributed by atoms with Gasteiger partial charge in [-0.05, 0) is 171 Å². The van der Waals surface area contributed by atoms with Crippen molar-refractivity contribution < 1.29 is 259 Å². The van der Waals surface area contributed by atoms with Crippen LogP contribution in [0.1, 0.15) is 215 Å². The predicted octanol–water partition coefficient (Wildman–Crippen LogP) is 8.67. The first-order chi connectivity index (χ1) is 56.0. The largest absolute Gasteiger partial charge is 1.00 e. The number of ether oxygens (including phenoxy) is 1. The quantitative estimate of drug-likeness (QED) is 0.00714. The van der Waals surface area contributed by atoms with Gasteiger partial charge in [0.25, 0.3) is 6.47 Å². The number of halogens is 5. The number of anilines is 4. The summed E-state index contributed by atoms with van der Waals surface area (Å²) in [6, 6.07) is 38.8. The van der Waals surface area contributed by atoms with E-state index in [1.54, 1.807) is 13.8 Å². The number of para-hydroxylation sites is 4. The Balaban J connectivity index is -0.00000129. The Morgan fingerprint density at radius 1 is 0.650 bits per heavy atom. The van der Waals surface area contributed by atoms with E-state index in [1.165, 1.54) is 52.1 Å². The van der Waals surface area contributed by atoms with Crippen LogP contribution in [0.3, 0.4) is 0 Å². The number of methoxy groups -OCH3 is 1. The zero-order valence-corrected chi connectivity index (χ0v) is 85.7. The number of carboxylic acid groups (broad SMARTS) is 2. The van der Waals surface area contributed by atoms with Crippen molar-refractivity contribution in [1.82, 2.24) is 0 Å². The molecular formula is C84H120Cl2Cs2F3N5O22S2. The number of Topliss-reactive ketones (excluding diaryl/α,β-unsaturated/α-hetero) is 5. The molecule has 14 rings (SSSR count). The summed E-state index contributed by atoms with van der Waals surface area (Å²) < 4.78 is 71.5. The van der Waals surface area contributed by atoms with Crippen molar-refractivity contribution in [3.63, 3.8) is 0 Å². The SMILES string of the molecule is CC(=O)C1CCCC1.CC(=O)[C@@H]1CCC[C@@H]1C.CC(C)C(=O)C1CCCCC1=O.CO.COC(=O)[C@H]1CCC[C@@H]1Nc1ccccc1.N[C@H]1CCC[C@H]1C(=O)O.O=C(O)[C@@H]1CCC[C@@H]1Nc1ccccc1.O=C1[C@@H]2CCC[C@@H]2N1c1ccccc1.O=C1c2ccccc2N[C@H]2CCC[C@@H]12.O=C=O.O=CO[O-].O=S(=O)(O)C(F)(F)F.O=S(Cl)Cl.[Cs+].[Cs+].[H-].[HH]. The zero-order valence-electron chi connectivity index (χ0n) is 71.0. The zero-order chi connectivity index (χ0) is 88.7. The average Bonchev–Trinajstić information content (AvgIpc) is 1.53. The fourth-order valence-corrected chi connectivity index (χ4v) is 15.9. The second kappa shape index (κ2) is 63.7. The number of amides is 1. The van der Waals surface area contributed by atoms with Crippen molar-refractivity contribution in [3.05, 3.63) is 121 Å². The van der Waals surface area contributed by atoms with Gasteiger partial charge >= 0.3 is 177 Å². The molecule has 8 saturated carbocycles. The number of benzene rings is 4. The number of ketones is 5. The molecule has 0 radical (unpaired) electrons. The minimum atomic E-state index is -5.84. The van der Waals surface area contributed by atoms with Crippen molar-refractivity contribution >= 4 is 129 Å². The van der Waals surface area contributed by atoms with Gasteiger partial charge in [-0.25, -0.2) is 4.21 Å². The van der Waals surface area contributed by atoms with Gasteiger partial charge in [-0.15, -0.1) is 0 Å². The summed E-state index contributed by atoms with van der Waals surface area (Å²) in [4.78, 5) is 130. The van der Waals surface area contributed by atoms with Crippen molar-refractivity contribution in [2.75, 3.05) is 35.1 Å². The number of nitrogens with zero attached hydrogens (tertiary/aromatic N) is 1. The van der Waals surface area contributed by atoms with E-state index in [2.05, 4.69) is 49.1 Å². The van der Waals surface area contributed by atoms with Crippen LogP contribution in [0.15, 0.2) is 115 Å². The first-order valence-corrected chi connectivity index (χ1v) is 44.0. The number of carbonyl (C=O) groups is 10. The third-order valence-electron chi connectivity index (χ3n) is 21.9. The number of hydrogen-bond donors (Lipinski definition) is 8. The number of nitrogens with two attached hydrogens (primary N) is 1. The Bertz CT molecular complexity index is 3880. The number of hydrogen-bond acceptors (Lipinski definition) is 23. The van der Waals surface area contributed by atoms with E-state index in [-0.39, 0.29) is 224 Å². The summed E-state index contributed by atoms with van der Waals surface area (Å²) in [5.74, 6) is 1.56. The molecule has 2 heterocycles. The molecule has 0 spiro atoms. The number of fused-ring (bicyclic) bond motifs is 3. The van der Waals surface area contributed by atoms with Crippen molar-refractivity contribution in [2.45, 2.75) is 237 Å². The maximum atomic E-state index is 12.1. The molecule has 4 aromatic carbocycles. The molecule has 10 aliphatic rings. The van der Waals surface area contributed by atoms with Gasteiger partial charge in [-0.1, -0.05) is 145 Å². The molecule has 9 N–H and O–H groups in total. The van der Waals surface area contributed by atoms with E-state index in [0.29, 0.717) is 65.4 Å². The molecule has 2 aliphatic heterocycles. The van der Waals surface area contributed by atoms with E-state index in [9.17, 15) is 56.3 Å². The fraction of sp³-hybridized carbons (Fsp3) is 0.583. The molecule has 1 saturated heterocycles. The van der Waals surface area contributed by atoms with E-state index >= 15 is 0 Å². The van der Waals surface area contributed by atoms with Crippen LogP contribution in [0.2, 0.25) is 0 Å². The molecule has 0 aromatic heterocycles. The number of nitrogens with one attached hydrogen (secondary N) is 3. The Kier molecular flexibility index (Phi) is 61.4. The summed E-state index contributed by atoms with van der Waals surface area (Å²) in [5, 5.41) is 43.1. The van der Waals surface area contributed by atoms with E-state index in [4.69, 9.17) is 62.6 Å². The van der Waals surface area contributed by atoms with Gasteiger partial charge in [0.05, 0.1) is 36.7 Å². The Morgan fingerprint density at radius 2 is 1.07 bits per heavy atom. The van der Waals surface area contributed by atoms with Crippen LogP contribution in [-0.2, 0) is 81.7 Å². The number of aliphatic carboxylic acids is 2. The van der Waals surface area contributed by atoms with Gasteiger partial charge in [0.1, 0.15) is 23.1 Å². The molecule has 9 fully saturated rings. The van der Waals surface area contributed by atoms with Crippen LogP contribution >= 0.6 is 21.4 Å². The number of carboxylic acids is 2. The average molecular weight is 2010 g/mol. The normalized spacial score (nSPS) is 23.9. The maximum absolute atomic E-state index is 12.1. The second-order valence-electron chi connectivity index (χ2n) is 30.0. The Hall–Kier alpha value is -4.23. The molecule has 1 unspecified atom stereocenters. The molecule has 8 aliphatic carbocycles. The summed E-state index contributed by atoms with van der Waals surface area (Å²) in [5.41, 5.74) is 5.03. The molecule has 4 aromatic rings. The summed E-state index contributed by atoms with van der Waals surface area (Å²) in [6.45, 7) is 9.15. The number of aliphatic hydroxyl groups is 1. The number of β-lactam (4-membered cyclic amide) rings is 1. The van der Waals surface area contributed by atoms with Crippen LogP contribution in [0, 0.1) is 59.2 Å². The molecule has 27 nitrogen and oxygen atoms in total. The molecule has 13 atom stereocenters. The third kappa shape index (κ3) is 42.4. The van der Waals surface area contributed by atoms with Gasteiger partial charge in [0, 0.05) is 119 Å². The minimum Gasteiger partial charge on any atom is -1.00 e. The predicted molar refractivity (Wildman–Crippen MR) is 443 cm³/mol. The van der Waals surface area contributed by atoms with Crippen molar-refractivity contribution in [3.8, 4) is 0 Å². The van der Waals surface area contributed by atoms with E-state index in [0.717, 1.165) is 151 Å². The van der Waals surface area contributed by atoms with Crippen molar-refractivity contribution in [1.29, 1.82) is 0 Å². The maximum Gasteiger partial charge on any atom is 1.00 e. The number of esters is 1. The Morgan fingerprint density at radius 3 is 1.48 bits per heavy atom. The smallest absolute Gasteiger partial charge is 1.00 e. The topological polar surface area (TPSA) is 444 Å². The van der Waals surface area contributed by atoms with E-state index in [1.807, 2.05) is 134 Å². The molecule has 120 heavy (non-hydrogen) atoms. The summed E-state index contributed by atoms with van der Waals surface area (Å²) in [7, 11) is 3.98. The van der Waals surface area contributed by atoms with Crippen LogP contribution in [0.4, 0.5) is 35.9 Å². The molecule has 36 heteroatoms. The molecular weight excluding hydrogens is 1890 g/mol. The number of rotatable bonds is 13. The van der Waals surface area contributed by atoms with Gasteiger partial charge in [0.2, 0.25) is 15.1 Å². The number of alkyl halides is 3. The summed E-state index contributed by atoms with van der Waals surface area (Å²) in [6.07, 6.45) is 27.4. The molecule has 0 bridgehead atoms. The van der Waals surface area contributed by atoms with Crippen LogP contribution < -0.4 is 170 Å². The molecule has 662 valence electrons. The number of aliphatic hydroxyl groups excluding tert-OH is 1. The Labute approximate surface area is 834 Å². The first-order valence-electron chi connectivity index (χ1n) is 39.7.